The van der Waals surface area contributed by atoms with Crippen molar-refractivity contribution in [2.24, 2.45) is 4.99 Å². The zero-order valence-electron chi connectivity index (χ0n) is 17.1. The highest BCUT2D eigenvalue weighted by Gasteiger charge is 2.34. The number of aromatic nitrogens is 2. The minimum atomic E-state index is -0.470. The predicted octanol–water partition coefficient (Wildman–Crippen LogP) is 2.23. The van der Waals surface area contributed by atoms with Crippen LogP contribution in [0.4, 0.5) is 4.79 Å². The zero-order chi connectivity index (χ0) is 19.7. The van der Waals surface area contributed by atoms with Crippen LogP contribution in [0.25, 0.3) is 0 Å². The number of nitrogens with zero attached hydrogens (tertiary/aromatic N) is 4. The number of amides is 1. The van der Waals surface area contributed by atoms with Crippen molar-refractivity contribution in [3.8, 4) is 0 Å². The molecule has 0 spiro atoms. The Morgan fingerprint density at radius 3 is 2.74 bits per heavy atom. The lowest BCUT2D eigenvalue weighted by Crippen LogP contribution is -2.45. The molecule has 0 atom stereocenters. The summed E-state index contributed by atoms with van der Waals surface area (Å²) in [4.78, 5) is 18.8. The molecule has 1 aliphatic rings. The first-order valence-corrected chi connectivity index (χ1v) is 9.88. The van der Waals surface area contributed by atoms with Gasteiger partial charge >= 0.3 is 6.09 Å². The molecule has 152 valence electrons. The molecule has 1 aromatic rings. The number of carbonyl (C=O) groups is 1. The summed E-state index contributed by atoms with van der Waals surface area (Å²) < 4.78 is 7.43. The number of aliphatic imine (C=N–C) groups is 1. The van der Waals surface area contributed by atoms with Gasteiger partial charge in [-0.05, 0) is 53.0 Å². The number of nitrogens with one attached hydrogen (secondary N) is 2. The maximum Gasteiger partial charge on any atom is 0.410 e. The second-order valence-electron chi connectivity index (χ2n) is 7.72. The van der Waals surface area contributed by atoms with Gasteiger partial charge in [0.15, 0.2) is 5.96 Å². The lowest BCUT2D eigenvalue weighted by atomic mass is 10.2. The van der Waals surface area contributed by atoms with Gasteiger partial charge in [0.05, 0.1) is 0 Å². The third-order valence-corrected chi connectivity index (χ3v) is 3.98. The van der Waals surface area contributed by atoms with Gasteiger partial charge in [-0.25, -0.2) is 4.79 Å². The van der Waals surface area contributed by atoms with Gasteiger partial charge in [-0.2, -0.15) is 5.10 Å². The Hall–Kier alpha value is -2.25. The smallest absolute Gasteiger partial charge is 0.410 e. The molecule has 1 aromatic heterocycles. The predicted molar refractivity (Wildman–Crippen MR) is 107 cm³/mol. The molecule has 2 rings (SSSR count). The van der Waals surface area contributed by atoms with Crippen molar-refractivity contribution in [3.63, 3.8) is 0 Å². The Bertz CT molecular complexity index is 590. The molecular weight excluding hydrogens is 344 g/mol. The standard InChI is InChI=1S/C19H34N6O2/c1-5-20-17(21-10-6-13-24-14-7-11-23-24)22-12-15-25(16-8-9-16)18(26)27-19(2,3)4/h7,11,14,16H,5-6,8-10,12-13,15H2,1-4H3,(H2,20,21,22). The molecule has 0 aliphatic heterocycles. The fourth-order valence-corrected chi connectivity index (χ4v) is 2.62. The molecule has 8 heteroatoms. The highest BCUT2D eigenvalue weighted by molar-refractivity contribution is 5.79. The van der Waals surface area contributed by atoms with Crippen LogP contribution in [0.5, 0.6) is 0 Å². The van der Waals surface area contributed by atoms with E-state index in [0.717, 1.165) is 38.3 Å². The average Bonchev–Trinajstić information content (AvgIpc) is 3.28. The number of carbonyl (C=O) groups excluding carboxylic acids is 1. The van der Waals surface area contributed by atoms with Gasteiger partial charge in [0.2, 0.25) is 0 Å². The molecule has 2 N–H and O–H groups in total. The topological polar surface area (TPSA) is 83.8 Å². The molecule has 0 aromatic carbocycles. The van der Waals surface area contributed by atoms with E-state index in [2.05, 4.69) is 20.7 Å². The van der Waals surface area contributed by atoms with Gasteiger partial charge in [0, 0.05) is 51.2 Å². The second kappa shape index (κ2) is 10.2. The average molecular weight is 379 g/mol. The quantitative estimate of drug-likeness (QED) is 0.391. The lowest BCUT2D eigenvalue weighted by Gasteiger charge is -2.27. The Labute approximate surface area is 162 Å². The van der Waals surface area contributed by atoms with E-state index >= 15 is 0 Å². The first-order valence-electron chi connectivity index (χ1n) is 9.88. The van der Waals surface area contributed by atoms with Gasteiger partial charge in [-0.1, -0.05) is 0 Å². The molecule has 1 fully saturated rings. The van der Waals surface area contributed by atoms with Crippen LogP contribution in [-0.2, 0) is 11.3 Å². The summed E-state index contributed by atoms with van der Waals surface area (Å²) in [6.07, 6.45) is 6.54. The highest BCUT2D eigenvalue weighted by Crippen LogP contribution is 2.27. The Kier molecular flexibility index (Phi) is 7.94. The SMILES string of the molecule is CCNC(=NCCCn1cccn1)NCCN(C(=O)OC(C)(C)C)C1CC1. The van der Waals surface area contributed by atoms with Gasteiger partial charge < -0.3 is 20.3 Å². The largest absolute Gasteiger partial charge is 0.444 e. The van der Waals surface area contributed by atoms with Gasteiger partial charge in [-0.3, -0.25) is 9.67 Å². The van der Waals surface area contributed by atoms with Gasteiger partial charge in [0.1, 0.15) is 5.60 Å². The summed E-state index contributed by atoms with van der Waals surface area (Å²) in [5.74, 6) is 0.776. The normalized spacial score (nSPS) is 14.7. The number of hydrogen-bond donors (Lipinski definition) is 2. The van der Waals surface area contributed by atoms with E-state index in [4.69, 9.17) is 4.74 Å². The zero-order valence-corrected chi connectivity index (χ0v) is 17.1. The van der Waals surface area contributed by atoms with Crippen molar-refractivity contribution in [1.29, 1.82) is 0 Å². The van der Waals surface area contributed by atoms with E-state index in [1.165, 1.54) is 0 Å². The molecule has 1 saturated carbocycles. The molecular formula is C19H34N6O2. The number of aryl methyl sites for hydroxylation is 1. The van der Waals surface area contributed by atoms with Crippen LogP contribution in [0.1, 0.15) is 47.0 Å². The summed E-state index contributed by atoms with van der Waals surface area (Å²) in [6.45, 7) is 11.3. The number of rotatable bonds is 9. The van der Waals surface area contributed by atoms with Crippen LogP contribution in [-0.4, -0.2) is 64.6 Å². The number of ether oxygens (including phenoxy) is 1. The highest BCUT2D eigenvalue weighted by atomic mass is 16.6. The van der Waals surface area contributed by atoms with Crippen molar-refractivity contribution < 1.29 is 9.53 Å². The van der Waals surface area contributed by atoms with Crippen molar-refractivity contribution >= 4 is 12.1 Å². The fourth-order valence-electron chi connectivity index (χ4n) is 2.62. The van der Waals surface area contributed by atoms with E-state index in [1.54, 1.807) is 6.20 Å². The fraction of sp³-hybridized carbons (Fsp3) is 0.737. The number of hydrogen-bond acceptors (Lipinski definition) is 4. The van der Waals surface area contributed by atoms with E-state index < -0.39 is 5.60 Å². The first kappa shape index (κ1) is 21.1. The molecule has 8 nitrogen and oxygen atoms in total. The minimum Gasteiger partial charge on any atom is -0.444 e. The Morgan fingerprint density at radius 2 is 2.15 bits per heavy atom. The molecule has 1 heterocycles. The van der Waals surface area contributed by atoms with Crippen molar-refractivity contribution in [2.75, 3.05) is 26.2 Å². The summed E-state index contributed by atoms with van der Waals surface area (Å²) in [5, 5.41) is 10.7. The summed E-state index contributed by atoms with van der Waals surface area (Å²) in [7, 11) is 0. The maximum atomic E-state index is 12.4. The van der Waals surface area contributed by atoms with Crippen LogP contribution >= 0.6 is 0 Å². The molecule has 1 amide bonds. The van der Waals surface area contributed by atoms with E-state index in [1.807, 2.05) is 49.5 Å². The van der Waals surface area contributed by atoms with E-state index in [-0.39, 0.29) is 6.09 Å². The van der Waals surface area contributed by atoms with Crippen molar-refractivity contribution in [2.45, 2.75) is 65.1 Å². The lowest BCUT2D eigenvalue weighted by molar-refractivity contribution is 0.0238. The van der Waals surface area contributed by atoms with E-state index in [9.17, 15) is 4.79 Å². The first-order chi connectivity index (χ1) is 12.9. The van der Waals surface area contributed by atoms with Gasteiger partial charge in [0.25, 0.3) is 0 Å². The van der Waals surface area contributed by atoms with E-state index in [0.29, 0.717) is 25.7 Å². The molecule has 0 unspecified atom stereocenters. The third kappa shape index (κ3) is 8.32. The maximum absolute atomic E-state index is 12.4. The van der Waals surface area contributed by atoms with Crippen LogP contribution in [0.3, 0.4) is 0 Å². The second-order valence-corrected chi connectivity index (χ2v) is 7.72. The Morgan fingerprint density at radius 1 is 1.37 bits per heavy atom. The Balaban J connectivity index is 1.75. The van der Waals surface area contributed by atoms with Crippen LogP contribution < -0.4 is 10.6 Å². The summed E-state index contributed by atoms with van der Waals surface area (Å²) >= 11 is 0. The van der Waals surface area contributed by atoms with Crippen molar-refractivity contribution in [1.82, 2.24) is 25.3 Å². The summed E-state index contributed by atoms with van der Waals surface area (Å²) in [6, 6.07) is 2.24. The molecule has 0 bridgehead atoms. The molecule has 0 saturated heterocycles. The monoisotopic (exact) mass is 378 g/mol. The summed E-state index contributed by atoms with van der Waals surface area (Å²) in [5.41, 5.74) is -0.470. The minimum absolute atomic E-state index is 0.229. The third-order valence-electron chi connectivity index (χ3n) is 3.98. The molecule has 27 heavy (non-hydrogen) atoms. The van der Waals surface area contributed by atoms with Gasteiger partial charge in [-0.15, -0.1) is 0 Å². The van der Waals surface area contributed by atoms with Crippen LogP contribution in [0, 0.1) is 0 Å². The molecule has 0 radical (unpaired) electrons. The van der Waals surface area contributed by atoms with Crippen LogP contribution in [0.2, 0.25) is 0 Å². The number of guanidine groups is 1. The van der Waals surface area contributed by atoms with Crippen molar-refractivity contribution in [3.05, 3.63) is 18.5 Å². The van der Waals surface area contributed by atoms with Crippen LogP contribution in [0.15, 0.2) is 23.5 Å². The molecule has 1 aliphatic carbocycles.